The molecule has 3 aliphatic rings. The molecule has 37 heavy (non-hydrogen) atoms. The Labute approximate surface area is 223 Å². The van der Waals surface area contributed by atoms with Crippen LogP contribution in [0.4, 0.5) is 5.69 Å². The number of hydrogen-bond donors (Lipinski definition) is 0. The van der Waals surface area contributed by atoms with Crippen molar-refractivity contribution in [2.24, 2.45) is 0 Å². The first-order valence-corrected chi connectivity index (χ1v) is 13.4. The molecule has 3 aromatic rings. The summed E-state index contributed by atoms with van der Waals surface area (Å²) in [7, 11) is 0. The molecule has 0 bridgehead atoms. The summed E-state index contributed by atoms with van der Waals surface area (Å²) in [6.07, 6.45) is 11.4. The molecular formula is C28H26BrN5O3. The number of rotatable bonds is 6. The molecule has 9 heteroatoms. The highest BCUT2D eigenvalue weighted by Crippen LogP contribution is 2.39. The van der Waals surface area contributed by atoms with Crippen LogP contribution >= 0.6 is 15.9 Å². The van der Waals surface area contributed by atoms with E-state index < -0.39 is 17.7 Å². The van der Waals surface area contributed by atoms with E-state index in [4.69, 9.17) is 0 Å². The minimum atomic E-state index is -0.588. The van der Waals surface area contributed by atoms with Crippen LogP contribution in [-0.4, -0.2) is 49.6 Å². The minimum absolute atomic E-state index is 0.0497. The second kappa shape index (κ2) is 9.70. The SMILES string of the molecule is O=C1C(=O)N(Cc2cn([C@@H]3C(=O)N(C4CCCCC4)[C@@H]3/C=C/c3ccccc3)nn2)c2ccc(Br)cc21. The number of benzene rings is 2. The molecule has 8 nitrogen and oxygen atoms in total. The van der Waals surface area contributed by atoms with Crippen molar-refractivity contribution in [1.82, 2.24) is 19.9 Å². The van der Waals surface area contributed by atoms with Crippen LogP contribution in [0.1, 0.15) is 59.8 Å². The fourth-order valence-corrected chi connectivity index (χ4v) is 6.01. The Morgan fingerprint density at radius 3 is 2.57 bits per heavy atom. The van der Waals surface area contributed by atoms with Crippen molar-refractivity contribution < 1.29 is 14.4 Å². The normalized spacial score (nSPS) is 22.1. The van der Waals surface area contributed by atoms with E-state index in [1.807, 2.05) is 35.2 Å². The van der Waals surface area contributed by atoms with Crippen molar-refractivity contribution in [3.8, 4) is 0 Å². The van der Waals surface area contributed by atoms with Gasteiger partial charge in [0.05, 0.1) is 30.0 Å². The molecule has 1 aliphatic carbocycles. The van der Waals surface area contributed by atoms with Gasteiger partial charge in [-0.2, -0.15) is 0 Å². The van der Waals surface area contributed by atoms with E-state index in [2.05, 4.69) is 38.4 Å². The lowest BCUT2D eigenvalue weighted by Crippen LogP contribution is -2.64. The highest BCUT2D eigenvalue weighted by molar-refractivity contribution is 9.10. The number of hydrogen-bond acceptors (Lipinski definition) is 5. The Hall–Kier alpha value is -3.59. The number of anilines is 1. The first-order valence-electron chi connectivity index (χ1n) is 12.6. The third-order valence-electron chi connectivity index (χ3n) is 7.50. The van der Waals surface area contributed by atoms with E-state index >= 15 is 0 Å². The minimum Gasteiger partial charge on any atom is -0.329 e. The second-order valence-corrected chi connectivity index (χ2v) is 10.7. The lowest BCUT2D eigenvalue weighted by atomic mass is 9.85. The van der Waals surface area contributed by atoms with Gasteiger partial charge >= 0.3 is 0 Å². The van der Waals surface area contributed by atoms with E-state index in [-0.39, 0.29) is 24.5 Å². The molecule has 188 valence electrons. The molecule has 0 spiro atoms. The summed E-state index contributed by atoms with van der Waals surface area (Å²) < 4.78 is 2.35. The van der Waals surface area contributed by atoms with Gasteiger partial charge in [-0.05, 0) is 36.6 Å². The molecule has 6 rings (SSSR count). The second-order valence-electron chi connectivity index (χ2n) is 9.81. The fraction of sp³-hybridized carbons (Fsp3) is 0.321. The van der Waals surface area contributed by atoms with Gasteiger partial charge in [0.15, 0.2) is 6.04 Å². The summed E-state index contributed by atoms with van der Waals surface area (Å²) in [5.41, 5.74) is 2.52. The van der Waals surface area contributed by atoms with Crippen LogP contribution in [0.25, 0.3) is 6.08 Å². The Bertz CT molecular complexity index is 1400. The lowest BCUT2D eigenvalue weighted by Gasteiger charge is -2.50. The highest BCUT2D eigenvalue weighted by Gasteiger charge is 2.50. The predicted molar refractivity (Wildman–Crippen MR) is 142 cm³/mol. The van der Waals surface area contributed by atoms with Gasteiger partial charge in [0.2, 0.25) is 0 Å². The average molecular weight is 560 g/mol. The number of amides is 2. The van der Waals surface area contributed by atoms with Crippen molar-refractivity contribution in [1.29, 1.82) is 0 Å². The number of ketones is 1. The quantitative estimate of drug-likeness (QED) is 0.326. The van der Waals surface area contributed by atoms with Crippen LogP contribution < -0.4 is 4.90 Å². The Morgan fingerprint density at radius 1 is 1.00 bits per heavy atom. The van der Waals surface area contributed by atoms with Crippen molar-refractivity contribution in [2.75, 3.05) is 4.90 Å². The molecule has 0 N–H and O–H groups in total. The summed E-state index contributed by atoms with van der Waals surface area (Å²) in [5, 5.41) is 8.55. The number of Topliss-reactive ketones (excluding diaryl/α,β-unsaturated/α-hetero) is 1. The van der Waals surface area contributed by atoms with Gasteiger partial charge in [-0.1, -0.05) is 82.9 Å². The molecule has 0 radical (unpaired) electrons. The van der Waals surface area contributed by atoms with Gasteiger partial charge in [0.25, 0.3) is 17.6 Å². The largest absolute Gasteiger partial charge is 0.329 e. The number of carbonyl (C=O) groups excluding carboxylic acids is 3. The molecule has 1 saturated heterocycles. The fourth-order valence-electron chi connectivity index (χ4n) is 5.65. The molecule has 2 fully saturated rings. The Morgan fingerprint density at radius 2 is 1.78 bits per heavy atom. The molecule has 2 amide bonds. The molecule has 2 aromatic carbocycles. The summed E-state index contributed by atoms with van der Waals surface area (Å²) >= 11 is 3.36. The maximum absolute atomic E-state index is 13.4. The lowest BCUT2D eigenvalue weighted by molar-refractivity contribution is -0.157. The first-order chi connectivity index (χ1) is 18.0. The van der Waals surface area contributed by atoms with Crippen LogP contribution in [0.3, 0.4) is 0 Å². The smallest absolute Gasteiger partial charge is 0.299 e. The van der Waals surface area contributed by atoms with Crippen LogP contribution in [0.2, 0.25) is 0 Å². The molecule has 2 aliphatic heterocycles. The number of halogens is 1. The maximum atomic E-state index is 13.4. The van der Waals surface area contributed by atoms with Crippen LogP contribution in [0, 0.1) is 0 Å². The van der Waals surface area contributed by atoms with E-state index in [0.29, 0.717) is 16.9 Å². The summed E-state index contributed by atoms with van der Waals surface area (Å²) in [6, 6.07) is 14.9. The maximum Gasteiger partial charge on any atom is 0.299 e. The van der Waals surface area contributed by atoms with Crippen LogP contribution in [0.15, 0.2) is 65.3 Å². The number of carbonyl (C=O) groups is 3. The van der Waals surface area contributed by atoms with Crippen molar-refractivity contribution in [3.63, 3.8) is 0 Å². The van der Waals surface area contributed by atoms with Crippen molar-refractivity contribution >= 4 is 45.3 Å². The molecule has 2 atom stereocenters. The van der Waals surface area contributed by atoms with Gasteiger partial charge in [0.1, 0.15) is 5.69 Å². The molecule has 1 saturated carbocycles. The average Bonchev–Trinajstić information content (AvgIpc) is 3.46. The van der Waals surface area contributed by atoms with Crippen molar-refractivity contribution in [2.45, 2.75) is 56.8 Å². The number of fused-ring (bicyclic) bond motifs is 1. The monoisotopic (exact) mass is 559 g/mol. The first kappa shape index (κ1) is 23.8. The predicted octanol–water partition coefficient (Wildman–Crippen LogP) is 4.57. The molecule has 0 unspecified atom stereocenters. The zero-order chi connectivity index (χ0) is 25.5. The summed E-state index contributed by atoms with van der Waals surface area (Å²) in [4.78, 5) is 42.0. The van der Waals surface area contributed by atoms with Gasteiger partial charge < -0.3 is 4.90 Å². The van der Waals surface area contributed by atoms with Gasteiger partial charge in [-0.25, -0.2) is 4.68 Å². The van der Waals surface area contributed by atoms with Gasteiger partial charge in [-0.15, -0.1) is 5.10 Å². The van der Waals surface area contributed by atoms with E-state index in [9.17, 15) is 14.4 Å². The molecular weight excluding hydrogens is 534 g/mol. The third kappa shape index (κ3) is 4.31. The third-order valence-corrected chi connectivity index (χ3v) is 8.00. The van der Waals surface area contributed by atoms with Gasteiger partial charge in [-0.3, -0.25) is 19.3 Å². The zero-order valence-electron chi connectivity index (χ0n) is 20.2. The Balaban J connectivity index is 1.25. The molecule has 1 aromatic heterocycles. The van der Waals surface area contributed by atoms with Crippen LogP contribution in [-0.2, 0) is 16.1 Å². The van der Waals surface area contributed by atoms with E-state index in [1.54, 1.807) is 29.1 Å². The number of nitrogens with zero attached hydrogens (tertiary/aromatic N) is 5. The topological polar surface area (TPSA) is 88.4 Å². The zero-order valence-corrected chi connectivity index (χ0v) is 21.8. The molecule has 3 heterocycles. The number of β-lactam (4-membered cyclic amide) rings is 1. The van der Waals surface area contributed by atoms with Crippen LogP contribution in [0.5, 0.6) is 0 Å². The Kier molecular flexibility index (Phi) is 6.24. The number of likely N-dealkylation sites (tertiary alicyclic amines) is 1. The van der Waals surface area contributed by atoms with Gasteiger partial charge in [0, 0.05) is 10.5 Å². The highest BCUT2D eigenvalue weighted by atomic mass is 79.9. The van der Waals surface area contributed by atoms with Crippen molar-refractivity contribution in [3.05, 3.63) is 82.1 Å². The van der Waals surface area contributed by atoms with E-state index in [1.165, 1.54) is 11.3 Å². The van der Waals surface area contributed by atoms with E-state index in [0.717, 1.165) is 35.7 Å². The summed E-state index contributed by atoms with van der Waals surface area (Å²) in [6.45, 7) is 0.108. The standard InChI is InChI=1S/C28H26BrN5O3/c29-19-12-14-23-22(15-19)26(35)28(37)32(23)16-20-17-33(31-30-20)25-24(13-11-18-7-3-1-4-8-18)34(27(25)36)21-9-5-2-6-10-21/h1,3-4,7-8,11-15,17,21,24-25H,2,5-6,9-10,16H2/b13-11+/t24-,25+/m1/s1. The summed E-state index contributed by atoms with van der Waals surface area (Å²) in [5.74, 6) is -1.07. The number of aromatic nitrogens is 3.